The second-order valence-corrected chi connectivity index (χ2v) is 2.98. The van der Waals surface area contributed by atoms with Gasteiger partial charge in [0.1, 0.15) is 11.5 Å². The number of hydrogen-bond donors (Lipinski definition) is 0. The van der Waals surface area contributed by atoms with Crippen LogP contribution >= 0.6 is 0 Å². The van der Waals surface area contributed by atoms with Crippen molar-refractivity contribution in [3.8, 4) is 6.07 Å². The maximum Gasteiger partial charge on any atom is 0.287 e. The van der Waals surface area contributed by atoms with E-state index in [9.17, 15) is 17.6 Å². The Morgan fingerprint density at radius 2 is 2.07 bits per heavy atom. The molecule has 0 aromatic carbocycles. The van der Waals surface area contributed by atoms with Crippen molar-refractivity contribution in [3.63, 3.8) is 0 Å². The Kier molecular flexibility index (Phi) is 2.93. The van der Waals surface area contributed by atoms with E-state index in [4.69, 9.17) is 5.26 Å². The lowest BCUT2D eigenvalue weighted by Crippen LogP contribution is -2.13. The topological polar surface area (TPSA) is 36.7 Å². The molecule has 0 fully saturated rings. The summed E-state index contributed by atoms with van der Waals surface area (Å²) in [4.78, 5) is 2.92. The molecule has 1 aromatic rings. The van der Waals surface area contributed by atoms with E-state index in [1.54, 1.807) is 0 Å². The molecule has 0 aliphatic rings. The fourth-order valence-electron chi connectivity index (χ4n) is 0.973. The quantitative estimate of drug-likeness (QED) is 0.565. The zero-order chi connectivity index (χ0) is 11.6. The van der Waals surface area contributed by atoms with Gasteiger partial charge in [-0.1, -0.05) is 0 Å². The van der Waals surface area contributed by atoms with E-state index in [1.807, 2.05) is 0 Å². The van der Waals surface area contributed by atoms with E-state index < -0.39 is 35.4 Å². The van der Waals surface area contributed by atoms with Gasteiger partial charge in [0.05, 0.1) is 18.1 Å². The molecular formula is C9H6F4N2. The van der Waals surface area contributed by atoms with Gasteiger partial charge in [-0.25, -0.2) is 9.37 Å². The molecule has 0 atom stereocenters. The summed E-state index contributed by atoms with van der Waals surface area (Å²) in [6.45, 7) is 0.484. The van der Waals surface area contributed by atoms with Crippen molar-refractivity contribution in [2.24, 2.45) is 0 Å². The SMILES string of the molecule is CC(F)(F)c1cc(F)c(CC#N)c(F)n1. The van der Waals surface area contributed by atoms with E-state index in [0.29, 0.717) is 13.0 Å². The lowest BCUT2D eigenvalue weighted by molar-refractivity contribution is 0.0115. The molecule has 2 nitrogen and oxygen atoms in total. The Labute approximate surface area is 83.2 Å². The highest BCUT2D eigenvalue weighted by Gasteiger charge is 2.29. The molecule has 0 aliphatic heterocycles. The molecule has 80 valence electrons. The molecule has 0 N–H and O–H groups in total. The third-order valence-corrected chi connectivity index (χ3v) is 1.72. The molecule has 0 radical (unpaired) electrons. The minimum Gasteiger partial charge on any atom is -0.218 e. The molecule has 0 aliphatic carbocycles. The number of nitrogens with zero attached hydrogens (tertiary/aromatic N) is 2. The normalized spacial score (nSPS) is 11.2. The Balaban J connectivity index is 3.27. The second-order valence-electron chi connectivity index (χ2n) is 2.98. The van der Waals surface area contributed by atoms with Gasteiger partial charge < -0.3 is 0 Å². The van der Waals surface area contributed by atoms with E-state index in [0.717, 1.165) is 0 Å². The van der Waals surface area contributed by atoms with Crippen LogP contribution in [0.3, 0.4) is 0 Å². The summed E-state index contributed by atoms with van der Waals surface area (Å²) < 4.78 is 51.4. The van der Waals surface area contributed by atoms with E-state index in [1.165, 1.54) is 6.07 Å². The highest BCUT2D eigenvalue weighted by atomic mass is 19.3. The molecule has 0 bridgehead atoms. The Morgan fingerprint density at radius 3 is 2.47 bits per heavy atom. The van der Waals surface area contributed by atoms with Gasteiger partial charge in [-0.05, 0) is 0 Å². The van der Waals surface area contributed by atoms with Crippen molar-refractivity contribution in [2.45, 2.75) is 19.3 Å². The number of nitriles is 1. The number of hydrogen-bond acceptors (Lipinski definition) is 2. The Bertz CT molecular complexity index is 394. The molecule has 0 saturated carbocycles. The van der Waals surface area contributed by atoms with Crippen LogP contribution in [0.2, 0.25) is 0 Å². The first kappa shape index (κ1) is 11.4. The van der Waals surface area contributed by atoms with Gasteiger partial charge in [-0.15, -0.1) is 0 Å². The maximum absolute atomic E-state index is 13.1. The van der Waals surface area contributed by atoms with Crippen molar-refractivity contribution in [3.05, 3.63) is 29.1 Å². The van der Waals surface area contributed by atoms with Crippen LogP contribution in [0.15, 0.2) is 6.07 Å². The van der Waals surface area contributed by atoms with E-state index in [2.05, 4.69) is 4.98 Å². The molecular weight excluding hydrogens is 212 g/mol. The predicted molar refractivity (Wildman–Crippen MR) is 43.0 cm³/mol. The highest BCUT2D eigenvalue weighted by Crippen LogP contribution is 2.27. The molecule has 15 heavy (non-hydrogen) atoms. The van der Waals surface area contributed by atoms with Crippen LogP contribution in [0, 0.1) is 23.1 Å². The van der Waals surface area contributed by atoms with Crippen molar-refractivity contribution in [2.75, 3.05) is 0 Å². The summed E-state index contributed by atoms with van der Waals surface area (Å²) in [6.07, 6.45) is -0.541. The van der Waals surface area contributed by atoms with Gasteiger partial charge in [0, 0.05) is 13.0 Å². The molecule has 0 saturated heterocycles. The van der Waals surface area contributed by atoms with Crippen LogP contribution in [-0.2, 0) is 12.3 Å². The number of pyridine rings is 1. The minimum atomic E-state index is -3.41. The van der Waals surface area contributed by atoms with Crippen LogP contribution in [0.4, 0.5) is 17.6 Å². The summed E-state index contributed by atoms with van der Waals surface area (Å²) in [6, 6.07) is 1.96. The third kappa shape index (κ3) is 2.43. The fraction of sp³-hybridized carbons (Fsp3) is 0.333. The monoisotopic (exact) mass is 218 g/mol. The number of rotatable bonds is 2. The summed E-state index contributed by atoms with van der Waals surface area (Å²) in [7, 11) is 0. The first-order valence-electron chi connectivity index (χ1n) is 3.96. The average Bonchev–Trinajstić information content (AvgIpc) is 2.09. The van der Waals surface area contributed by atoms with Gasteiger partial charge in [0.25, 0.3) is 5.92 Å². The van der Waals surface area contributed by atoms with Crippen molar-refractivity contribution >= 4 is 0 Å². The summed E-state index contributed by atoms with van der Waals surface area (Å²) in [5.74, 6) is -5.96. The number of halogens is 4. The molecule has 0 unspecified atom stereocenters. The first-order chi connectivity index (χ1) is 6.86. The van der Waals surface area contributed by atoms with Crippen LogP contribution in [0.5, 0.6) is 0 Å². The number of aromatic nitrogens is 1. The fourth-order valence-corrected chi connectivity index (χ4v) is 0.973. The molecule has 1 heterocycles. The van der Waals surface area contributed by atoms with E-state index >= 15 is 0 Å². The zero-order valence-corrected chi connectivity index (χ0v) is 7.69. The van der Waals surface area contributed by atoms with Crippen LogP contribution in [-0.4, -0.2) is 4.98 Å². The highest BCUT2D eigenvalue weighted by molar-refractivity contribution is 5.22. The molecule has 1 rings (SSSR count). The molecule has 6 heteroatoms. The molecule has 0 spiro atoms. The van der Waals surface area contributed by atoms with E-state index in [-0.39, 0.29) is 0 Å². The van der Waals surface area contributed by atoms with Crippen molar-refractivity contribution in [1.82, 2.24) is 4.98 Å². The second kappa shape index (κ2) is 3.85. The average molecular weight is 218 g/mol. The zero-order valence-electron chi connectivity index (χ0n) is 7.69. The largest absolute Gasteiger partial charge is 0.287 e. The van der Waals surface area contributed by atoms with Gasteiger partial charge in [0.2, 0.25) is 5.95 Å². The Hall–Kier alpha value is -1.64. The predicted octanol–water partition coefficient (Wildman–Crippen LogP) is 2.54. The van der Waals surface area contributed by atoms with Crippen LogP contribution in [0.25, 0.3) is 0 Å². The Morgan fingerprint density at radius 1 is 1.47 bits per heavy atom. The van der Waals surface area contributed by atoms with Crippen LogP contribution < -0.4 is 0 Å². The first-order valence-corrected chi connectivity index (χ1v) is 3.96. The van der Waals surface area contributed by atoms with Gasteiger partial charge in [0.15, 0.2) is 0 Å². The maximum atomic E-state index is 13.1. The lowest BCUT2D eigenvalue weighted by atomic mass is 10.1. The number of alkyl halides is 2. The van der Waals surface area contributed by atoms with Crippen molar-refractivity contribution < 1.29 is 17.6 Å². The van der Waals surface area contributed by atoms with Gasteiger partial charge in [-0.2, -0.15) is 18.4 Å². The summed E-state index contributed by atoms with van der Waals surface area (Å²) in [5, 5.41) is 8.24. The third-order valence-electron chi connectivity index (χ3n) is 1.72. The molecule has 1 aromatic heterocycles. The summed E-state index contributed by atoms with van der Waals surface area (Å²) >= 11 is 0. The standard InChI is InChI=1S/C9H6F4N2/c1-9(12,13)7-4-6(10)5(2-3-14)8(11)15-7/h4H,2H2,1H3. The minimum absolute atomic E-state index is 0.440. The lowest BCUT2D eigenvalue weighted by Gasteiger charge is -2.10. The molecule has 0 amide bonds. The smallest absolute Gasteiger partial charge is 0.218 e. The van der Waals surface area contributed by atoms with Gasteiger partial charge in [-0.3, -0.25) is 0 Å². The van der Waals surface area contributed by atoms with Gasteiger partial charge >= 0.3 is 0 Å². The summed E-state index contributed by atoms with van der Waals surface area (Å²) in [5.41, 5.74) is -1.58. The van der Waals surface area contributed by atoms with Crippen molar-refractivity contribution in [1.29, 1.82) is 5.26 Å². The van der Waals surface area contributed by atoms with Crippen LogP contribution in [0.1, 0.15) is 18.2 Å².